The number of ether oxygens (including phenoxy) is 2. The van der Waals surface area contributed by atoms with Crippen LogP contribution in [0, 0.1) is 0 Å². The van der Waals surface area contributed by atoms with E-state index in [1.54, 1.807) is 14.2 Å². The van der Waals surface area contributed by atoms with Gasteiger partial charge in [0.1, 0.15) is 11.5 Å². The van der Waals surface area contributed by atoms with Crippen molar-refractivity contribution in [3.63, 3.8) is 0 Å². The van der Waals surface area contributed by atoms with Crippen molar-refractivity contribution in [3.8, 4) is 11.5 Å². The van der Waals surface area contributed by atoms with Crippen molar-refractivity contribution in [1.29, 1.82) is 0 Å². The van der Waals surface area contributed by atoms with Gasteiger partial charge in [-0.1, -0.05) is 109 Å². The Bertz CT molecular complexity index is 1160. The van der Waals surface area contributed by atoms with Crippen LogP contribution in [0.25, 0.3) is 36.5 Å². The molecule has 0 radical (unpaired) electrons. The van der Waals surface area contributed by atoms with E-state index >= 15 is 0 Å². The summed E-state index contributed by atoms with van der Waals surface area (Å²) < 4.78 is 10.4. The molecule has 0 atom stereocenters. The molecule has 4 aromatic carbocycles. The van der Waals surface area contributed by atoms with Crippen LogP contribution in [0.4, 0.5) is 0 Å². The summed E-state index contributed by atoms with van der Waals surface area (Å²) in [4.78, 5) is 0. The van der Waals surface area contributed by atoms with Crippen LogP contribution in [-0.2, 0) is 0 Å². The zero-order valence-electron chi connectivity index (χ0n) is 19.5. The third-order valence-corrected chi connectivity index (χ3v) is 5.51. The van der Waals surface area contributed by atoms with E-state index in [0.29, 0.717) is 0 Å². The Kier molecular flexibility index (Phi) is 7.76. The van der Waals surface area contributed by atoms with E-state index in [1.807, 2.05) is 48.5 Å². The van der Waals surface area contributed by atoms with Gasteiger partial charge >= 0.3 is 0 Å². The lowest BCUT2D eigenvalue weighted by molar-refractivity contribution is 0.414. The molecule has 2 nitrogen and oxygen atoms in total. The first-order chi connectivity index (χ1) is 16.7. The van der Waals surface area contributed by atoms with Crippen LogP contribution in [0.3, 0.4) is 0 Å². The van der Waals surface area contributed by atoms with E-state index in [1.165, 1.54) is 22.3 Å². The largest absolute Gasteiger partial charge is 0.497 e. The highest BCUT2D eigenvalue weighted by molar-refractivity contribution is 5.74. The van der Waals surface area contributed by atoms with E-state index in [9.17, 15) is 0 Å². The normalized spacial score (nSPS) is 11.5. The molecule has 0 aromatic heterocycles. The Morgan fingerprint density at radius 1 is 0.324 bits per heavy atom. The second-order valence-electron chi connectivity index (χ2n) is 7.88. The van der Waals surface area contributed by atoms with Gasteiger partial charge in [-0.15, -0.1) is 0 Å². The number of rotatable bonds is 8. The number of methoxy groups -OCH3 is 2. The monoisotopic (exact) mass is 444 g/mol. The molecule has 0 aliphatic carbocycles. The zero-order chi connectivity index (χ0) is 23.6. The average Bonchev–Trinajstić information content (AvgIpc) is 2.91. The minimum absolute atomic E-state index is 0.868. The predicted molar refractivity (Wildman–Crippen MR) is 146 cm³/mol. The quantitative estimate of drug-likeness (QED) is 0.255. The van der Waals surface area contributed by atoms with Gasteiger partial charge in [0.2, 0.25) is 0 Å². The number of hydrogen-bond acceptors (Lipinski definition) is 2. The molecule has 0 aliphatic rings. The Morgan fingerprint density at radius 3 is 0.676 bits per heavy atom. The summed E-state index contributed by atoms with van der Waals surface area (Å²) in [6, 6.07) is 33.1. The first kappa shape index (κ1) is 22.9. The fourth-order valence-electron chi connectivity index (χ4n) is 3.44. The van der Waals surface area contributed by atoms with Gasteiger partial charge in [0.25, 0.3) is 0 Å². The van der Waals surface area contributed by atoms with Gasteiger partial charge in [-0.25, -0.2) is 0 Å². The molecule has 34 heavy (non-hydrogen) atoms. The zero-order valence-corrected chi connectivity index (χ0v) is 19.5. The summed E-state index contributed by atoms with van der Waals surface area (Å²) in [5.41, 5.74) is 6.97. The van der Waals surface area contributed by atoms with E-state index in [2.05, 4.69) is 85.0 Å². The second kappa shape index (κ2) is 11.5. The van der Waals surface area contributed by atoms with Gasteiger partial charge in [0.05, 0.1) is 14.2 Å². The van der Waals surface area contributed by atoms with E-state index in [0.717, 1.165) is 22.6 Å². The molecule has 2 heteroatoms. The molecule has 0 unspecified atom stereocenters. The lowest BCUT2D eigenvalue weighted by Gasteiger charge is -2.00. The van der Waals surface area contributed by atoms with Gasteiger partial charge in [0, 0.05) is 0 Å². The van der Waals surface area contributed by atoms with Crippen LogP contribution in [0.1, 0.15) is 33.4 Å². The van der Waals surface area contributed by atoms with Crippen molar-refractivity contribution in [2.75, 3.05) is 14.2 Å². The average molecular weight is 445 g/mol. The molecule has 0 saturated carbocycles. The molecular formula is C32H28O2. The smallest absolute Gasteiger partial charge is 0.118 e. The van der Waals surface area contributed by atoms with Crippen molar-refractivity contribution in [2.45, 2.75) is 0 Å². The Balaban J connectivity index is 1.33. The molecular weight excluding hydrogens is 416 g/mol. The molecule has 0 saturated heterocycles. The predicted octanol–water partition coefficient (Wildman–Crippen LogP) is 8.22. The lowest BCUT2D eigenvalue weighted by atomic mass is 10.1. The van der Waals surface area contributed by atoms with E-state index in [4.69, 9.17) is 9.47 Å². The summed E-state index contributed by atoms with van der Waals surface area (Å²) in [6.45, 7) is 0. The van der Waals surface area contributed by atoms with Crippen molar-refractivity contribution < 1.29 is 9.47 Å². The second-order valence-corrected chi connectivity index (χ2v) is 7.88. The minimum Gasteiger partial charge on any atom is -0.497 e. The Morgan fingerprint density at radius 2 is 0.500 bits per heavy atom. The number of hydrogen-bond donors (Lipinski definition) is 0. The van der Waals surface area contributed by atoms with E-state index in [-0.39, 0.29) is 0 Å². The topological polar surface area (TPSA) is 18.5 Å². The Hall–Kier alpha value is -4.30. The van der Waals surface area contributed by atoms with Gasteiger partial charge in [0.15, 0.2) is 0 Å². The van der Waals surface area contributed by atoms with Crippen molar-refractivity contribution in [2.24, 2.45) is 0 Å². The molecule has 0 aliphatic heterocycles. The van der Waals surface area contributed by atoms with Gasteiger partial charge in [-0.3, -0.25) is 0 Å². The molecule has 168 valence electrons. The fourth-order valence-corrected chi connectivity index (χ4v) is 3.44. The van der Waals surface area contributed by atoms with Crippen molar-refractivity contribution >= 4 is 36.5 Å². The standard InChI is InChI=1S/C32H28O2/c1-33-31-21-17-29(18-22-31)15-13-27-9-5-25(6-10-27)3-4-26-7-11-28(12-8-26)14-16-30-19-23-32(34-2)24-20-30/h3-24H,1-2H3. The summed E-state index contributed by atoms with van der Waals surface area (Å²) in [5, 5.41) is 0. The summed E-state index contributed by atoms with van der Waals surface area (Å²) in [5.74, 6) is 1.74. The molecule has 0 heterocycles. The number of benzene rings is 4. The lowest BCUT2D eigenvalue weighted by Crippen LogP contribution is -1.81. The van der Waals surface area contributed by atoms with Gasteiger partial charge in [-0.05, 0) is 57.6 Å². The maximum Gasteiger partial charge on any atom is 0.118 e. The maximum atomic E-state index is 5.20. The highest BCUT2D eigenvalue weighted by Gasteiger charge is 1.94. The Labute approximate surface area is 202 Å². The molecule has 4 rings (SSSR count). The summed E-state index contributed by atoms with van der Waals surface area (Å²) in [7, 11) is 3.36. The molecule has 0 amide bonds. The molecule has 0 bridgehead atoms. The molecule has 0 spiro atoms. The first-order valence-corrected chi connectivity index (χ1v) is 11.2. The first-order valence-electron chi connectivity index (χ1n) is 11.2. The third kappa shape index (κ3) is 6.60. The van der Waals surface area contributed by atoms with Crippen LogP contribution in [0.15, 0.2) is 97.1 Å². The molecule has 0 fully saturated rings. The maximum absolute atomic E-state index is 5.20. The van der Waals surface area contributed by atoms with Crippen LogP contribution >= 0.6 is 0 Å². The summed E-state index contributed by atoms with van der Waals surface area (Å²) in [6.07, 6.45) is 12.7. The van der Waals surface area contributed by atoms with Crippen LogP contribution in [-0.4, -0.2) is 14.2 Å². The fraction of sp³-hybridized carbons (Fsp3) is 0.0625. The van der Waals surface area contributed by atoms with Gasteiger partial charge < -0.3 is 9.47 Å². The highest BCUT2D eigenvalue weighted by atomic mass is 16.5. The van der Waals surface area contributed by atoms with Crippen molar-refractivity contribution in [3.05, 3.63) is 130 Å². The van der Waals surface area contributed by atoms with Crippen LogP contribution < -0.4 is 9.47 Å². The SMILES string of the molecule is COc1ccc(C=Cc2ccc(C=Cc3ccc(C=Cc4ccc(OC)cc4)cc3)cc2)cc1. The summed E-state index contributed by atoms with van der Waals surface area (Å²) >= 11 is 0. The highest BCUT2D eigenvalue weighted by Crippen LogP contribution is 2.17. The van der Waals surface area contributed by atoms with Crippen molar-refractivity contribution in [1.82, 2.24) is 0 Å². The van der Waals surface area contributed by atoms with Gasteiger partial charge in [-0.2, -0.15) is 0 Å². The molecule has 4 aromatic rings. The van der Waals surface area contributed by atoms with Crippen LogP contribution in [0.5, 0.6) is 11.5 Å². The minimum atomic E-state index is 0.868. The van der Waals surface area contributed by atoms with Crippen LogP contribution in [0.2, 0.25) is 0 Å². The third-order valence-electron chi connectivity index (χ3n) is 5.51. The molecule has 0 N–H and O–H groups in total. The van der Waals surface area contributed by atoms with E-state index < -0.39 is 0 Å².